The molecule has 1 amide bonds. The molecule has 0 N–H and O–H groups in total. The molecule has 1 aliphatic rings. The summed E-state index contributed by atoms with van der Waals surface area (Å²) in [7, 11) is 0. The Morgan fingerprint density at radius 2 is 1.96 bits per heavy atom. The van der Waals surface area contributed by atoms with Crippen LogP contribution in [0.3, 0.4) is 0 Å². The average molecular weight is 346 g/mol. The summed E-state index contributed by atoms with van der Waals surface area (Å²) in [5.74, 6) is 0.245. The third kappa shape index (κ3) is 3.18. The number of para-hydroxylation sites is 2. The molecule has 1 saturated heterocycles. The van der Waals surface area contributed by atoms with Crippen molar-refractivity contribution in [2.75, 3.05) is 0 Å². The molecule has 3 rings (SSSR count). The molecule has 1 fully saturated rings. The number of nitrogens with zero attached hydrogens (tertiary/aromatic N) is 3. The number of aryl methyl sites for hydroxylation is 1. The van der Waals surface area contributed by atoms with E-state index in [9.17, 15) is 4.79 Å². The van der Waals surface area contributed by atoms with Crippen LogP contribution < -0.4 is 0 Å². The first-order valence-corrected chi connectivity index (χ1v) is 9.85. The summed E-state index contributed by atoms with van der Waals surface area (Å²) in [6, 6.07) is 8.86. The van der Waals surface area contributed by atoms with E-state index in [-0.39, 0.29) is 11.2 Å². The molecule has 0 radical (unpaired) electrons. The zero-order chi connectivity index (χ0) is 17.3. The first kappa shape index (κ1) is 17.3. The number of thioether (sulfide) groups is 1. The van der Waals surface area contributed by atoms with E-state index >= 15 is 0 Å². The summed E-state index contributed by atoms with van der Waals surface area (Å²) in [5, 5.41) is 0.826. The van der Waals surface area contributed by atoms with Gasteiger partial charge in [0.05, 0.1) is 16.3 Å². The lowest BCUT2D eigenvalue weighted by atomic mass is 9.97. The number of carbonyl (C=O) groups is 1. The van der Waals surface area contributed by atoms with Crippen LogP contribution >= 0.6 is 11.8 Å². The summed E-state index contributed by atoms with van der Waals surface area (Å²) >= 11 is 1.59. The van der Waals surface area contributed by atoms with E-state index in [1.54, 1.807) is 11.8 Å². The number of carbonyl (C=O) groups excluding carboxylic acids is 1. The van der Waals surface area contributed by atoms with Gasteiger partial charge >= 0.3 is 0 Å². The SMILES string of the molecule is CCn1c(S[C@H](C)C(=O)N2[C@@H](C)CCC[C@@H]2C)nc2ccccc21. The van der Waals surface area contributed by atoms with E-state index in [0.717, 1.165) is 35.6 Å². The highest BCUT2D eigenvalue weighted by atomic mass is 32.2. The predicted molar refractivity (Wildman–Crippen MR) is 100 cm³/mol. The van der Waals surface area contributed by atoms with Crippen LogP contribution in [0.4, 0.5) is 0 Å². The summed E-state index contributed by atoms with van der Waals surface area (Å²) < 4.78 is 2.20. The van der Waals surface area contributed by atoms with Gasteiger partial charge in [0.1, 0.15) is 0 Å². The molecule has 1 aromatic carbocycles. The smallest absolute Gasteiger partial charge is 0.236 e. The molecule has 4 nitrogen and oxygen atoms in total. The molecule has 0 aliphatic carbocycles. The van der Waals surface area contributed by atoms with Crippen molar-refractivity contribution in [3.8, 4) is 0 Å². The third-order valence-electron chi connectivity index (χ3n) is 5.01. The van der Waals surface area contributed by atoms with Crippen LogP contribution in [0.15, 0.2) is 29.4 Å². The molecule has 130 valence electrons. The number of amides is 1. The Hall–Kier alpha value is -1.49. The minimum Gasteiger partial charge on any atom is -0.336 e. The molecule has 0 saturated carbocycles. The number of hydrogen-bond acceptors (Lipinski definition) is 3. The van der Waals surface area contributed by atoms with Crippen LogP contribution in [0.1, 0.15) is 47.0 Å². The Morgan fingerprint density at radius 3 is 2.62 bits per heavy atom. The van der Waals surface area contributed by atoms with Crippen molar-refractivity contribution >= 4 is 28.7 Å². The lowest BCUT2D eigenvalue weighted by Crippen LogP contribution is -2.50. The third-order valence-corrected chi connectivity index (χ3v) is 6.09. The highest BCUT2D eigenvalue weighted by Gasteiger charge is 2.32. The van der Waals surface area contributed by atoms with Crippen LogP contribution in [0, 0.1) is 0 Å². The molecule has 2 heterocycles. The molecule has 1 aromatic heterocycles. The monoisotopic (exact) mass is 345 g/mol. The number of hydrogen-bond donors (Lipinski definition) is 0. The van der Waals surface area contributed by atoms with Gasteiger partial charge in [-0.2, -0.15) is 0 Å². The van der Waals surface area contributed by atoms with E-state index in [0.29, 0.717) is 12.1 Å². The zero-order valence-electron chi connectivity index (χ0n) is 15.0. The maximum atomic E-state index is 13.0. The normalized spacial score (nSPS) is 22.8. The van der Waals surface area contributed by atoms with Crippen molar-refractivity contribution in [3.63, 3.8) is 0 Å². The Labute approximate surface area is 148 Å². The molecule has 24 heavy (non-hydrogen) atoms. The van der Waals surface area contributed by atoms with Gasteiger partial charge < -0.3 is 9.47 Å². The van der Waals surface area contributed by atoms with Crippen molar-refractivity contribution in [3.05, 3.63) is 24.3 Å². The molecule has 2 aromatic rings. The second-order valence-electron chi connectivity index (χ2n) is 6.76. The lowest BCUT2D eigenvalue weighted by Gasteiger charge is -2.40. The first-order valence-electron chi connectivity index (χ1n) is 8.97. The molecular formula is C19H27N3OS. The van der Waals surface area contributed by atoms with E-state index in [1.807, 2.05) is 25.1 Å². The van der Waals surface area contributed by atoms with Gasteiger partial charge in [-0.05, 0) is 59.1 Å². The summed E-state index contributed by atoms with van der Waals surface area (Å²) in [4.78, 5) is 19.8. The summed E-state index contributed by atoms with van der Waals surface area (Å²) in [6.07, 6.45) is 3.45. The van der Waals surface area contributed by atoms with Crippen molar-refractivity contribution in [1.82, 2.24) is 14.5 Å². The number of fused-ring (bicyclic) bond motifs is 1. The van der Waals surface area contributed by atoms with Crippen molar-refractivity contribution in [2.24, 2.45) is 0 Å². The van der Waals surface area contributed by atoms with Gasteiger partial charge in [0.2, 0.25) is 5.91 Å². The van der Waals surface area contributed by atoms with Gasteiger partial charge in [-0.15, -0.1) is 0 Å². The molecule has 1 aliphatic heterocycles. The largest absolute Gasteiger partial charge is 0.336 e. The van der Waals surface area contributed by atoms with E-state index in [2.05, 4.69) is 36.3 Å². The fourth-order valence-electron chi connectivity index (χ4n) is 3.72. The number of piperidine rings is 1. The molecule has 5 heteroatoms. The molecular weight excluding hydrogens is 318 g/mol. The minimum absolute atomic E-state index is 0.116. The fraction of sp³-hybridized carbons (Fsp3) is 0.579. The highest BCUT2D eigenvalue weighted by molar-refractivity contribution is 8.00. The van der Waals surface area contributed by atoms with Crippen LogP contribution in [-0.4, -0.2) is 37.7 Å². The van der Waals surface area contributed by atoms with Gasteiger partial charge in [-0.25, -0.2) is 4.98 Å². The second kappa shape index (κ2) is 7.18. The molecule has 0 unspecified atom stereocenters. The number of benzene rings is 1. The topological polar surface area (TPSA) is 38.1 Å². The summed E-state index contributed by atoms with van der Waals surface area (Å²) in [5.41, 5.74) is 2.14. The number of likely N-dealkylation sites (tertiary alicyclic amines) is 1. The standard InChI is InChI=1S/C19H27N3OS/c1-5-21-17-12-7-6-11-16(17)20-19(21)24-15(4)18(23)22-13(2)9-8-10-14(22)3/h6-7,11-15H,5,8-10H2,1-4H3/t13-,14-,15+/m0/s1. The van der Waals surface area contributed by atoms with Crippen molar-refractivity contribution in [2.45, 2.75) is 76.0 Å². The van der Waals surface area contributed by atoms with Crippen LogP contribution in [0.25, 0.3) is 11.0 Å². The van der Waals surface area contributed by atoms with Crippen LogP contribution in [-0.2, 0) is 11.3 Å². The van der Waals surface area contributed by atoms with Crippen molar-refractivity contribution < 1.29 is 4.79 Å². The van der Waals surface area contributed by atoms with Crippen LogP contribution in [0.2, 0.25) is 0 Å². The number of imidazole rings is 1. The predicted octanol–water partition coefficient (Wildman–Crippen LogP) is 4.33. The van der Waals surface area contributed by atoms with E-state index in [1.165, 1.54) is 6.42 Å². The van der Waals surface area contributed by atoms with Gasteiger partial charge in [0, 0.05) is 18.6 Å². The Kier molecular flexibility index (Phi) is 5.18. The van der Waals surface area contributed by atoms with Gasteiger partial charge in [-0.1, -0.05) is 23.9 Å². The highest BCUT2D eigenvalue weighted by Crippen LogP contribution is 2.31. The number of rotatable bonds is 4. The van der Waals surface area contributed by atoms with Gasteiger partial charge in [0.15, 0.2) is 5.16 Å². The van der Waals surface area contributed by atoms with Gasteiger partial charge in [0.25, 0.3) is 0 Å². The van der Waals surface area contributed by atoms with E-state index < -0.39 is 0 Å². The zero-order valence-corrected chi connectivity index (χ0v) is 15.8. The van der Waals surface area contributed by atoms with Gasteiger partial charge in [-0.3, -0.25) is 4.79 Å². The van der Waals surface area contributed by atoms with Crippen molar-refractivity contribution in [1.29, 1.82) is 0 Å². The van der Waals surface area contributed by atoms with E-state index in [4.69, 9.17) is 4.98 Å². The second-order valence-corrected chi connectivity index (χ2v) is 8.07. The van der Waals surface area contributed by atoms with Crippen LogP contribution in [0.5, 0.6) is 0 Å². The molecule has 0 spiro atoms. The Balaban J connectivity index is 1.81. The average Bonchev–Trinajstić information content (AvgIpc) is 2.91. The number of aromatic nitrogens is 2. The lowest BCUT2D eigenvalue weighted by molar-refractivity contribution is -0.136. The Bertz CT molecular complexity index is 716. The quantitative estimate of drug-likeness (QED) is 0.774. The Morgan fingerprint density at radius 1 is 1.29 bits per heavy atom. The first-order chi connectivity index (χ1) is 11.5. The molecule has 3 atom stereocenters. The summed E-state index contributed by atoms with van der Waals surface area (Å²) in [6.45, 7) is 9.35. The maximum Gasteiger partial charge on any atom is 0.236 e. The molecule has 0 bridgehead atoms. The minimum atomic E-state index is -0.116. The fourth-order valence-corrected chi connectivity index (χ4v) is 4.77. The maximum absolute atomic E-state index is 13.0.